The Balaban J connectivity index is 0.000000299. The molecule has 0 amide bonds. The molecule has 3 rings (SSSR count). The van der Waals surface area contributed by atoms with E-state index < -0.39 is 25.6 Å². The zero-order chi connectivity index (χ0) is 24.8. The van der Waals surface area contributed by atoms with Crippen LogP contribution >= 0.6 is 15.9 Å². The molecule has 0 spiro atoms. The van der Waals surface area contributed by atoms with Crippen LogP contribution in [0.5, 0.6) is 0 Å². The summed E-state index contributed by atoms with van der Waals surface area (Å²) in [7, 11) is 0. The second kappa shape index (κ2) is 11.4. The highest BCUT2D eigenvalue weighted by Gasteiger charge is 2.33. The molecule has 2 N–H and O–H groups in total. The van der Waals surface area contributed by atoms with Gasteiger partial charge in [0.2, 0.25) is 0 Å². The first kappa shape index (κ1) is 27.2. The van der Waals surface area contributed by atoms with Crippen molar-refractivity contribution >= 4 is 38.3 Å². The normalized spacial score (nSPS) is 15.8. The van der Waals surface area contributed by atoms with E-state index in [4.69, 9.17) is 5.41 Å². The predicted molar refractivity (Wildman–Crippen MR) is 121 cm³/mol. The van der Waals surface area contributed by atoms with Gasteiger partial charge in [-0.1, -0.05) is 54.4 Å². The summed E-state index contributed by atoms with van der Waals surface area (Å²) in [6.07, 6.45) is -7.16. The predicted octanol–water partition coefficient (Wildman–Crippen LogP) is 6.98. The van der Waals surface area contributed by atoms with Crippen LogP contribution in [0.15, 0.2) is 34.8 Å². The number of ether oxygens (including phenoxy) is 1. The van der Waals surface area contributed by atoms with Crippen LogP contribution in [-0.4, -0.2) is 44.6 Å². The monoisotopic (exact) mass is 541 g/mol. The lowest BCUT2D eigenvalue weighted by molar-refractivity contribution is -0.219. The molecule has 0 radical (unpaired) electrons. The number of alkyl halides is 6. The van der Waals surface area contributed by atoms with Gasteiger partial charge in [-0.15, -0.1) is 0 Å². The number of guanidine groups is 1. The third-order valence-electron chi connectivity index (χ3n) is 4.89. The van der Waals surface area contributed by atoms with Gasteiger partial charge in [0, 0.05) is 29.2 Å². The number of nitrogens with zero attached hydrogens (tertiary/aromatic N) is 1. The molecule has 1 atom stereocenters. The minimum Gasteiger partial charge on any atom is -0.363 e. The van der Waals surface area contributed by atoms with Crippen molar-refractivity contribution in [3.8, 4) is 0 Å². The van der Waals surface area contributed by atoms with Crippen molar-refractivity contribution in [3.63, 3.8) is 0 Å². The molecular weight excluding hydrogens is 516 g/mol. The Morgan fingerprint density at radius 1 is 1.09 bits per heavy atom. The van der Waals surface area contributed by atoms with E-state index in [1.54, 1.807) is 0 Å². The van der Waals surface area contributed by atoms with Crippen molar-refractivity contribution in [2.75, 3.05) is 31.2 Å². The average molecular weight is 542 g/mol. The molecule has 1 aliphatic heterocycles. The molecule has 0 bridgehead atoms. The van der Waals surface area contributed by atoms with Crippen LogP contribution in [0.2, 0.25) is 0 Å². The quantitative estimate of drug-likeness (QED) is 0.186. The van der Waals surface area contributed by atoms with E-state index in [-0.39, 0.29) is 0 Å². The summed E-state index contributed by atoms with van der Waals surface area (Å²) >= 11 is 3.64. The van der Waals surface area contributed by atoms with Gasteiger partial charge in [0.05, 0.1) is 0 Å². The molecule has 0 fully saturated rings. The molecule has 0 saturated heterocycles. The largest absolute Gasteiger partial charge is 0.411 e. The first-order valence-corrected chi connectivity index (χ1v) is 11.2. The van der Waals surface area contributed by atoms with Crippen molar-refractivity contribution < 1.29 is 31.1 Å². The second-order valence-electron chi connectivity index (χ2n) is 7.70. The zero-order valence-corrected chi connectivity index (χ0v) is 19.8. The van der Waals surface area contributed by atoms with Gasteiger partial charge in [0.25, 0.3) is 0 Å². The summed E-state index contributed by atoms with van der Waals surface area (Å²) < 4.78 is 71.3. The van der Waals surface area contributed by atoms with Crippen molar-refractivity contribution in [1.29, 1.82) is 5.41 Å². The van der Waals surface area contributed by atoms with E-state index in [1.165, 1.54) is 22.0 Å². The number of unbranched alkanes of at least 4 members (excludes halogenated alkanes) is 1. The molecule has 2 aromatic carbocycles. The minimum absolute atomic E-state index is 0.432. The number of nitrogens with one attached hydrogen (secondary N) is 2. The van der Waals surface area contributed by atoms with E-state index in [1.807, 2.05) is 0 Å². The maximum Gasteiger partial charge on any atom is 0.411 e. The lowest BCUT2D eigenvalue weighted by Gasteiger charge is -2.21. The van der Waals surface area contributed by atoms with Gasteiger partial charge in [-0.3, -0.25) is 5.41 Å². The summed E-state index contributed by atoms with van der Waals surface area (Å²) in [4.78, 5) is 2.11. The van der Waals surface area contributed by atoms with Crippen molar-refractivity contribution in [2.24, 2.45) is 0 Å². The lowest BCUT2D eigenvalue weighted by atomic mass is 9.96. The van der Waals surface area contributed by atoms with Crippen LogP contribution in [0.4, 0.5) is 32.0 Å². The molecule has 2 aromatic rings. The van der Waals surface area contributed by atoms with E-state index >= 15 is 0 Å². The maximum atomic E-state index is 11.1. The minimum atomic E-state index is -4.70. The van der Waals surface area contributed by atoms with Crippen LogP contribution < -0.4 is 10.2 Å². The molecule has 0 aliphatic carbocycles. The molecule has 0 aromatic heterocycles. The topological polar surface area (TPSA) is 48.4 Å². The van der Waals surface area contributed by atoms with Gasteiger partial charge in [-0.2, -0.15) is 26.3 Å². The van der Waals surface area contributed by atoms with Crippen LogP contribution in [0.1, 0.15) is 38.2 Å². The van der Waals surface area contributed by atoms with Gasteiger partial charge in [-0.05, 0) is 34.9 Å². The van der Waals surface area contributed by atoms with E-state index in [2.05, 4.69) is 75.1 Å². The summed E-state index contributed by atoms with van der Waals surface area (Å²) in [5.74, 6) is 0.953. The number of rotatable bonds is 5. The fraction of sp³-hybridized carbons (Fsp3) is 0.500. The zero-order valence-electron chi connectivity index (χ0n) is 18.2. The molecule has 11 heteroatoms. The van der Waals surface area contributed by atoms with E-state index in [0.717, 1.165) is 30.4 Å². The second-order valence-corrected chi connectivity index (χ2v) is 8.55. The Kier molecular flexibility index (Phi) is 9.42. The highest BCUT2D eigenvalue weighted by Crippen LogP contribution is 2.42. The summed E-state index contributed by atoms with van der Waals surface area (Å²) in [5, 5.41) is 14.1. The number of benzene rings is 2. The molecule has 4 nitrogen and oxygen atoms in total. The van der Waals surface area contributed by atoms with Gasteiger partial charge < -0.3 is 15.0 Å². The third-order valence-corrected chi connectivity index (χ3v) is 5.58. The summed E-state index contributed by atoms with van der Waals surface area (Å²) in [6, 6.07) is 10.7. The highest BCUT2D eigenvalue weighted by atomic mass is 79.9. The molecule has 1 unspecified atom stereocenters. The number of anilines is 1. The summed E-state index contributed by atoms with van der Waals surface area (Å²) in [5.41, 5.74) is 2.54. The Bertz CT molecular complexity index is 934. The van der Waals surface area contributed by atoms with E-state index in [9.17, 15) is 26.3 Å². The Morgan fingerprint density at radius 3 is 2.30 bits per heavy atom. The van der Waals surface area contributed by atoms with Gasteiger partial charge in [0.1, 0.15) is 13.2 Å². The third kappa shape index (κ3) is 8.06. The SMILES string of the molecule is CCCCNC(=N)N1CC(C)c2c1ccc1c(Br)cccc21.FC(F)(F)COCC(F)(F)F. The van der Waals surface area contributed by atoms with Crippen molar-refractivity contribution in [3.05, 3.63) is 40.4 Å². The van der Waals surface area contributed by atoms with Gasteiger partial charge in [-0.25, -0.2) is 0 Å². The fourth-order valence-corrected chi connectivity index (χ4v) is 4.02. The first-order valence-electron chi connectivity index (χ1n) is 10.4. The molecule has 33 heavy (non-hydrogen) atoms. The van der Waals surface area contributed by atoms with Crippen molar-refractivity contribution in [2.45, 2.75) is 45.0 Å². The molecule has 1 aliphatic rings. The molecule has 184 valence electrons. The Labute approximate surface area is 196 Å². The number of fused-ring (bicyclic) bond motifs is 3. The lowest BCUT2D eigenvalue weighted by Crippen LogP contribution is -2.40. The highest BCUT2D eigenvalue weighted by molar-refractivity contribution is 9.10. The number of hydrogen-bond donors (Lipinski definition) is 2. The Hall–Kier alpha value is -2.01. The Morgan fingerprint density at radius 2 is 1.73 bits per heavy atom. The standard InChI is InChI=1S/C18H22BrN3.C4H4F6O/c1-3-4-10-21-18(20)22-11-12(2)17-14-6-5-7-15(19)13(14)8-9-16(17)22;5-3(6,7)1-11-2-4(8,9)10/h5-9,12H,3-4,10-11H2,1-2H3,(H2,20,21);1-2H2. The van der Waals surface area contributed by atoms with Crippen LogP contribution in [-0.2, 0) is 4.74 Å². The molecule has 1 heterocycles. The smallest absolute Gasteiger partial charge is 0.363 e. The average Bonchev–Trinajstić information content (AvgIpc) is 3.04. The van der Waals surface area contributed by atoms with E-state index in [0.29, 0.717) is 11.9 Å². The fourth-order valence-electron chi connectivity index (χ4n) is 3.52. The van der Waals surface area contributed by atoms with Crippen LogP contribution in [0.3, 0.4) is 0 Å². The molecule has 0 saturated carbocycles. The summed E-state index contributed by atoms with van der Waals surface area (Å²) in [6.45, 7) is 2.42. The van der Waals surface area contributed by atoms with Crippen LogP contribution in [0.25, 0.3) is 10.8 Å². The number of hydrogen-bond acceptors (Lipinski definition) is 2. The first-order chi connectivity index (χ1) is 15.3. The van der Waals surface area contributed by atoms with Gasteiger partial charge >= 0.3 is 12.4 Å². The van der Waals surface area contributed by atoms with Crippen molar-refractivity contribution in [1.82, 2.24) is 5.32 Å². The van der Waals surface area contributed by atoms with Crippen LogP contribution in [0, 0.1) is 5.41 Å². The molecular formula is C22H26BrF6N3O. The van der Waals surface area contributed by atoms with Gasteiger partial charge in [0.15, 0.2) is 5.96 Å². The number of halogens is 7. The maximum absolute atomic E-state index is 11.1.